The first-order chi connectivity index (χ1) is 24.9. The Labute approximate surface area is 309 Å². The maximum atomic E-state index is 15.0. The van der Waals surface area contributed by atoms with E-state index < -0.39 is 116 Å². The molecule has 0 aliphatic carbocycles. The van der Waals surface area contributed by atoms with Gasteiger partial charge >= 0.3 is 0 Å². The van der Waals surface area contributed by atoms with Crippen molar-refractivity contribution in [2.24, 2.45) is 10.2 Å². The molecule has 0 saturated carbocycles. The van der Waals surface area contributed by atoms with Crippen molar-refractivity contribution in [3.63, 3.8) is 0 Å². The van der Waals surface area contributed by atoms with Crippen LogP contribution in [-0.4, -0.2) is 71.9 Å². The highest BCUT2D eigenvalue weighted by molar-refractivity contribution is 7.87. The summed E-state index contributed by atoms with van der Waals surface area (Å²) in [6.07, 6.45) is 0.422. The Hall–Kier alpha value is -5.25. The maximum absolute atomic E-state index is 15.0. The van der Waals surface area contributed by atoms with Gasteiger partial charge < -0.3 is 15.7 Å². The van der Waals surface area contributed by atoms with E-state index in [1.54, 1.807) is 24.3 Å². The minimum atomic E-state index is -5.58. The lowest BCUT2D eigenvalue weighted by Crippen LogP contribution is -2.10. The lowest BCUT2D eigenvalue weighted by Gasteiger charge is -2.15. The second-order valence-electron chi connectivity index (χ2n) is 10.8. The van der Waals surface area contributed by atoms with E-state index in [0.717, 1.165) is 11.6 Å². The van der Waals surface area contributed by atoms with E-state index >= 15 is 0 Å². The molecule has 0 aliphatic heterocycles. The summed E-state index contributed by atoms with van der Waals surface area (Å²) < 4.78 is 152. The number of hydrogen-bond acceptors (Lipinski definition) is 16. The number of anilines is 4. The molecule has 20 nitrogen and oxygen atoms in total. The summed E-state index contributed by atoms with van der Waals surface area (Å²) in [6.45, 7) is 4.99. The van der Waals surface area contributed by atoms with Crippen LogP contribution in [0.2, 0.25) is 5.28 Å². The molecule has 0 amide bonds. The Morgan fingerprint density at radius 2 is 1.37 bits per heavy atom. The fourth-order valence-corrected chi connectivity index (χ4v) is 7.89. The summed E-state index contributed by atoms with van der Waals surface area (Å²) in [5.41, 5.74) is -2.74. The van der Waals surface area contributed by atoms with Gasteiger partial charge in [0.05, 0.1) is 10.6 Å². The predicted molar refractivity (Wildman–Crippen MR) is 188 cm³/mol. The van der Waals surface area contributed by atoms with Crippen LogP contribution < -0.4 is 10.6 Å². The Balaban J connectivity index is 1.78. The number of azo groups is 1. The number of phenols is 1. The number of benzene rings is 4. The average molecular weight is 846 g/mol. The Kier molecular flexibility index (Phi) is 10.5. The highest BCUT2D eigenvalue weighted by atomic mass is 35.5. The standard InChI is InChI=1S/C28H21ClFN7O13S4/c1-3-16-24(53(45,46)47)17(30)11-19(25(16)54(48,49)50)36-37-22-20(52(42,43)44)9-13-8-15(51(39,40)41)10-18(21(13)23(22)38)32-28-34-26(29)33-27(35-28)31-14-6-4-12(2)5-7-14/h3-11,38H,1H2,2H3,(H,39,40,41)(H,42,43,44)(H,45,46,47)(H,48,49,50)(H2,31,32,33,34,35). The van der Waals surface area contributed by atoms with Crippen molar-refractivity contribution in [3.05, 3.63) is 77.3 Å². The monoisotopic (exact) mass is 845 g/mol. The van der Waals surface area contributed by atoms with Crippen molar-refractivity contribution >= 4 is 104 Å². The first-order valence-corrected chi connectivity index (χ1v) is 20.2. The first-order valence-electron chi connectivity index (χ1n) is 14.0. The van der Waals surface area contributed by atoms with Crippen molar-refractivity contribution in [2.45, 2.75) is 26.5 Å². The van der Waals surface area contributed by atoms with Crippen LogP contribution >= 0.6 is 11.6 Å². The molecular weight excluding hydrogens is 825 g/mol. The molecule has 0 aliphatic rings. The molecule has 1 heterocycles. The second-order valence-corrected chi connectivity index (χ2v) is 16.6. The number of aromatic nitrogens is 3. The number of halogens is 2. The zero-order valence-corrected chi connectivity index (χ0v) is 30.6. The largest absolute Gasteiger partial charge is 0.505 e. The number of fused-ring (bicyclic) bond motifs is 1. The van der Waals surface area contributed by atoms with Crippen LogP contribution in [0.5, 0.6) is 5.75 Å². The molecule has 0 radical (unpaired) electrons. The number of aromatic hydroxyl groups is 1. The van der Waals surface area contributed by atoms with Crippen molar-refractivity contribution in [3.8, 4) is 5.75 Å². The molecule has 54 heavy (non-hydrogen) atoms. The molecular formula is C28H21ClFN7O13S4. The van der Waals surface area contributed by atoms with Crippen molar-refractivity contribution < 1.29 is 61.4 Å². The minimum Gasteiger partial charge on any atom is -0.505 e. The molecule has 5 rings (SSSR count). The van der Waals surface area contributed by atoms with Crippen molar-refractivity contribution in [1.29, 1.82) is 0 Å². The summed E-state index contributed by atoms with van der Waals surface area (Å²) in [5.74, 6) is -3.67. The summed E-state index contributed by atoms with van der Waals surface area (Å²) in [6, 6.07) is 8.90. The highest BCUT2D eigenvalue weighted by Crippen LogP contribution is 2.46. The van der Waals surface area contributed by atoms with E-state index in [1.807, 2.05) is 6.92 Å². The Morgan fingerprint density at radius 1 is 0.778 bits per heavy atom. The van der Waals surface area contributed by atoms with Gasteiger partial charge in [0.25, 0.3) is 40.5 Å². The lowest BCUT2D eigenvalue weighted by atomic mass is 10.1. The molecule has 4 aromatic carbocycles. The number of hydrogen-bond donors (Lipinski definition) is 7. The van der Waals surface area contributed by atoms with Crippen LogP contribution in [0.4, 0.5) is 39.0 Å². The van der Waals surface area contributed by atoms with Crippen LogP contribution in [0.25, 0.3) is 16.8 Å². The maximum Gasteiger partial charge on any atom is 0.298 e. The molecule has 0 unspecified atom stereocenters. The van der Waals surface area contributed by atoms with E-state index in [0.29, 0.717) is 23.9 Å². The molecule has 7 N–H and O–H groups in total. The van der Waals surface area contributed by atoms with Gasteiger partial charge in [0.1, 0.15) is 31.9 Å². The van der Waals surface area contributed by atoms with E-state index in [-0.39, 0.29) is 12.0 Å². The Morgan fingerprint density at radius 3 is 1.91 bits per heavy atom. The van der Waals surface area contributed by atoms with Crippen molar-refractivity contribution in [2.75, 3.05) is 10.6 Å². The van der Waals surface area contributed by atoms with Gasteiger partial charge in [-0.25, -0.2) is 4.39 Å². The van der Waals surface area contributed by atoms with Crippen LogP contribution in [0, 0.1) is 12.7 Å². The fraction of sp³-hybridized carbons (Fsp3) is 0.0357. The molecule has 26 heteroatoms. The lowest BCUT2D eigenvalue weighted by molar-refractivity contribution is 0.469. The third-order valence-electron chi connectivity index (χ3n) is 7.04. The molecule has 0 fully saturated rings. The fourth-order valence-electron chi connectivity index (χ4n) is 4.87. The molecule has 1 aromatic heterocycles. The van der Waals surface area contributed by atoms with Gasteiger partial charge in [0.2, 0.25) is 17.2 Å². The first kappa shape index (κ1) is 39.9. The van der Waals surface area contributed by atoms with Gasteiger partial charge in [0.15, 0.2) is 5.75 Å². The summed E-state index contributed by atoms with van der Waals surface area (Å²) in [7, 11) is -21.6. The third-order valence-corrected chi connectivity index (χ3v) is 10.8. The van der Waals surface area contributed by atoms with Gasteiger partial charge in [-0.1, -0.05) is 30.4 Å². The van der Waals surface area contributed by atoms with Gasteiger partial charge in [-0.15, -0.1) is 10.2 Å². The minimum absolute atomic E-state index is 0.0615. The predicted octanol–water partition coefficient (Wildman–Crippen LogP) is 5.36. The van der Waals surface area contributed by atoms with E-state index in [2.05, 4.69) is 42.4 Å². The Bertz CT molecular complexity index is 2900. The quantitative estimate of drug-likeness (QED) is 0.0649. The molecule has 0 spiro atoms. The molecule has 284 valence electrons. The number of nitrogens with zero attached hydrogens (tertiary/aromatic N) is 5. The average Bonchev–Trinajstić information content (AvgIpc) is 3.02. The van der Waals surface area contributed by atoms with Crippen LogP contribution in [0.15, 0.2) is 84.9 Å². The van der Waals surface area contributed by atoms with E-state index in [4.69, 9.17) is 11.6 Å². The second kappa shape index (κ2) is 14.2. The van der Waals surface area contributed by atoms with Gasteiger partial charge in [-0.3, -0.25) is 18.2 Å². The number of phenolic OH excluding ortho intramolecular Hbond substituents is 1. The van der Waals surface area contributed by atoms with Crippen LogP contribution in [0.1, 0.15) is 11.1 Å². The zero-order chi connectivity index (χ0) is 40.1. The smallest absolute Gasteiger partial charge is 0.298 e. The van der Waals surface area contributed by atoms with E-state index in [9.17, 15) is 61.4 Å². The number of aryl methyl sites for hydroxylation is 1. The summed E-state index contributed by atoms with van der Waals surface area (Å²) in [4.78, 5) is 6.60. The normalized spacial score (nSPS) is 12.6. The molecule has 0 saturated heterocycles. The number of rotatable bonds is 11. The molecule has 0 bridgehead atoms. The third kappa shape index (κ3) is 8.43. The zero-order valence-electron chi connectivity index (χ0n) is 26.5. The SMILES string of the molecule is C=Cc1c(S(=O)(=O)O)c(F)cc(N=Nc2c(S(=O)(=O)O)cc3cc(S(=O)(=O)O)cc(Nc4nc(Cl)nc(Nc5ccc(C)cc5)n4)c3c2O)c1S(=O)(=O)O. The molecule has 5 aromatic rings. The summed E-state index contributed by atoms with van der Waals surface area (Å²) >= 11 is 6.08. The summed E-state index contributed by atoms with van der Waals surface area (Å²) in [5, 5.41) is 22.2. The van der Waals surface area contributed by atoms with Gasteiger partial charge in [-0.05, 0) is 54.2 Å². The van der Waals surface area contributed by atoms with Gasteiger partial charge in [-0.2, -0.15) is 48.6 Å². The van der Waals surface area contributed by atoms with Crippen LogP contribution in [-0.2, 0) is 40.5 Å². The van der Waals surface area contributed by atoms with E-state index in [1.165, 1.54) is 0 Å². The topological polar surface area (TPSA) is 325 Å². The highest BCUT2D eigenvalue weighted by Gasteiger charge is 2.31. The molecule has 0 atom stereocenters. The van der Waals surface area contributed by atoms with Crippen LogP contribution in [0.3, 0.4) is 0 Å². The van der Waals surface area contributed by atoms with Crippen molar-refractivity contribution in [1.82, 2.24) is 15.0 Å². The number of nitrogens with one attached hydrogen (secondary N) is 2. The van der Waals surface area contributed by atoms with Gasteiger partial charge in [0, 0.05) is 22.7 Å².